The highest BCUT2D eigenvalue weighted by molar-refractivity contribution is 5.93. The highest BCUT2D eigenvalue weighted by Crippen LogP contribution is 2.33. The van der Waals surface area contributed by atoms with Crippen LogP contribution < -0.4 is 4.74 Å². The molecule has 0 radical (unpaired) electrons. The molecule has 1 aliphatic heterocycles. The standard InChI is InChI=1S/C25H22N4O2.C2H6/c1-2-24(30)28-15-13-19(17-28)29-23-12-14-26-16-22(23)25(27-29)18-8-10-21(11-9-18)31-20-6-4-3-5-7-20;1-2/h2-12,14,16,19H,1,13,15,17H2;1-2H3. The molecule has 1 amide bonds. The first-order chi connectivity index (χ1) is 16.2. The molecule has 0 spiro atoms. The molecule has 2 aromatic carbocycles. The van der Waals surface area contributed by atoms with E-state index in [1.165, 1.54) is 6.08 Å². The third-order valence-corrected chi connectivity index (χ3v) is 5.61. The first-order valence-corrected chi connectivity index (χ1v) is 11.3. The van der Waals surface area contributed by atoms with Crippen LogP contribution in [0, 0.1) is 0 Å². The van der Waals surface area contributed by atoms with Crippen LogP contribution in [0.15, 0.2) is 85.7 Å². The number of carbonyl (C=O) groups is 1. The van der Waals surface area contributed by atoms with E-state index < -0.39 is 0 Å². The van der Waals surface area contributed by atoms with Crippen molar-refractivity contribution in [3.05, 3.63) is 85.7 Å². The van der Waals surface area contributed by atoms with Gasteiger partial charge in [-0.05, 0) is 55.0 Å². The van der Waals surface area contributed by atoms with Gasteiger partial charge in [0.05, 0.1) is 11.6 Å². The molecular formula is C27H28N4O2. The van der Waals surface area contributed by atoms with E-state index in [4.69, 9.17) is 9.84 Å². The van der Waals surface area contributed by atoms with Crippen LogP contribution in [0.25, 0.3) is 22.2 Å². The fourth-order valence-electron chi connectivity index (χ4n) is 4.05. The lowest BCUT2D eigenvalue weighted by Crippen LogP contribution is -2.27. The summed E-state index contributed by atoms with van der Waals surface area (Å²) < 4.78 is 7.94. The number of aromatic nitrogens is 3. The molecule has 3 heterocycles. The predicted octanol–water partition coefficient (Wildman–Crippen LogP) is 5.88. The smallest absolute Gasteiger partial charge is 0.246 e. The van der Waals surface area contributed by atoms with E-state index in [-0.39, 0.29) is 11.9 Å². The zero-order valence-electron chi connectivity index (χ0n) is 19.0. The molecule has 0 bridgehead atoms. The molecule has 6 heteroatoms. The Labute approximate surface area is 194 Å². The molecule has 1 aliphatic rings. The van der Waals surface area contributed by atoms with Gasteiger partial charge >= 0.3 is 0 Å². The van der Waals surface area contributed by atoms with Crippen LogP contribution in [0.3, 0.4) is 0 Å². The van der Waals surface area contributed by atoms with Gasteiger partial charge in [0.15, 0.2) is 0 Å². The van der Waals surface area contributed by atoms with Crippen molar-refractivity contribution < 1.29 is 9.53 Å². The molecule has 1 atom stereocenters. The van der Waals surface area contributed by atoms with E-state index >= 15 is 0 Å². The van der Waals surface area contributed by atoms with E-state index in [2.05, 4.69) is 11.6 Å². The summed E-state index contributed by atoms with van der Waals surface area (Å²) in [6.07, 6.45) is 5.87. The summed E-state index contributed by atoms with van der Waals surface area (Å²) in [5.74, 6) is 1.54. The zero-order chi connectivity index (χ0) is 23.2. The Bertz CT molecular complexity index is 1230. The summed E-state index contributed by atoms with van der Waals surface area (Å²) in [6, 6.07) is 19.7. The van der Waals surface area contributed by atoms with E-state index in [0.29, 0.717) is 13.1 Å². The number of ether oxygens (including phenoxy) is 1. The molecule has 5 rings (SSSR count). The summed E-state index contributed by atoms with van der Waals surface area (Å²) in [7, 11) is 0. The lowest BCUT2D eigenvalue weighted by Gasteiger charge is -2.15. The van der Waals surface area contributed by atoms with E-state index in [1.807, 2.05) is 90.3 Å². The maximum absolute atomic E-state index is 12.0. The Morgan fingerprint density at radius 2 is 1.79 bits per heavy atom. The predicted molar refractivity (Wildman–Crippen MR) is 131 cm³/mol. The summed E-state index contributed by atoms with van der Waals surface area (Å²) in [5.41, 5.74) is 2.89. The average molecular weight is 441 g/mol. The van der Waals surface area contributed by atoms with Crippen molar-refractivity contribution in [3.63, 3.8) is 0 Å². The molecule has 0 N–H and O–H groups in total. The number of likely N-dealkylation sites (tertiary alicyclic amines) is 1. The fourth-order valence-corrected chi connectivity index (χ4v) is 4.05. The molecule has 168 valence electrons. The summed E-state index contributed by atoms with van der Waals surface area (Å²) >= 11 is 0. The number of fused-ring (bicyclic) bond motifs is 1. The molecule has 0 aliphatic carbocycles. The Morgan fingerprint density at radius 1 is 1.06 bits per heavy atom. The lowest BCUT2D eigenvalue weighted by molar-refractivity contribution is -0.125. The number of para-hydroxylation sites is 1. The van der Waals surface area contributed by atoms with Crippen molar-refractivity contribution in [1.29, 1.82) is 0 Å². The van der Waals surface area contributed by atoms with Gasteiger partial charge in [0.2, 0.25) is 5.91 Å². The topological polar surface area (TPSA) is 60.2 Å². The van der Waals surface area contributed by atoms with Gasteiger partial charge in [-0.3, -0.25) is 14.5 Å². The third kappa shape index (κ3) is 4.65. The summed E-state index contributed by atoms with van der Waals surface area (Å²) in [4.78, 5) is 18.1. The minimum absolute atomic E-state index is 0.0325. The molecule has 2 aromatic heterocycles. The van der Waals surface area contributed by atoms with Crippen molar-refractivity contribution in [1.82, 2.24) is 19.7 Å². The van der Waals surface area contributed by atoms with Crippen LogP contribution in [0.5, 0.6) is 11.5 Å². The van der Waals surface area contributed by atoms with Gasteiger partial charge in [-0.15, -0.1) is 0 Å². The number of amides is 1. The van der Waals surface area contributed by atoms with Crippen LogP contribution in [0.4, 0.5) is 0 Å². The molecule has 1 fully saturated rings. The van der Waals surface area contributed by atoms with Crippen LogP contribution in [0.2, 0.25) is 0 Å². The van der Waals surface area contributed by atoms with Gasteiger partial charge in [0, 0.05) is 36.4 Å². The Kier molecular flexibility index (Phi) is 6.83. The summed E-state index contributed by atoms with van der Waals surface area (Å²) in [5, 5.41) is 5.94. The first-order valence-electron chi connectivity index (χ1n) is 11.3. The van der Waals surface area contributed by atoms with E-state index in [9.17, 15) is 4.79 Å². The van der Waals surface area contributed by atoms with Gasteiger partial charge in [0.1, 0.15) is 17.2 Å². The monoisotopic (exact) mass is 440 g/mol. The lowest BCUT2D eigenvalue weighted by atomic mass is 10.1. The largest absolute Gasteiger partial charge is 0.457 e. The van der Waals surface area contributed by atoms with Crippen molar-refractivity contribution in [3.8, 4) is 22.8 Å². The van der Waals surface area contributed by atoms with Crippen molar-refractivity contribution in [2.24, 2.45) is 0 Å². The molecule has 33 heavy (non-hydrogen) atoms. The second kappa shape index (κ2) is 10.1. The molecule has 1 saturated heterocycles. The molecule has 1 unspecified atom stereocenters. The van der Waals surface area contributed by atoms with E-state index in [1.54, 1.807) is 6.20 Å². The number of hydrogen-bond donors (Lipinski definition) is 0. The highest BCUT2D eigenvalue weighted by atomic mass is 16.5. The van der Waals surface area contributed by atoms with Gasteiger partial charge in [-0.1, -0.05) is 38.6 Å². The number of pyridine rings is 1. The second-order valence-corrected chi connectivity index (χ2v) is 7.56. The van der Waals surface area contributed by atoms with Gasteiger partial charge in [-0.2, -0.15) is 5.10 Å². The number of carbonyl (C=O) groups excluding carboxylic acids is 1. The highest BCUT2D eigenvalue weighted by Gasteiger charge is 2.28. The van der Waals surface area contributed by atoms with Crippen molar-refractivity contribution in [2.75, 3.05) is 13.1 Å². The first kappa shape index (κ1) is 22.3. The van der Waals surface area contributed by atoms with Gasteiger partial charge < -0.3 is 9.64 Å². The minimum Gasteiger partial charge on any atom is -0.457 e. The Balaban J connectivity index is 0.00000126. The number of hydrogen-bond acceptors (Lipinski definition) is 4. The Morgan fingerprint density at radius 3 is 2.52 bits per heavy atom. The average Bonchev–Trinajstić information content (AvgIpc) is 3.51. The fraction of sp³-hybridized carbons (Fsp3) is 0.222. The maximum Gasteiger partial charge on any atom is 0.246 e. The maximum atomic E-state index is 12.0. The second-order valence-electron chi connectivity index (χ2n) is 7.56. The quantitative estimate of drug-likeness (QED) is 0.364. The van der Waals surface area contributed by atoms with Crippen LogP contribution in [-0.2, 0) is 4.79 Å². The third-order valence-electron chi connectivity index (χ3n) is 5.61. The molecule has 6 nitrogen and oxygen atoms in total. The number of nitrogens with zero attached hydrogens (tertiary/aromatic N) is 4. The van der Waals surface area contributed by atoms with Gasteiger partial charge in [-0.25, -0.2) is 0 Å². The number of rotatable bonds is 5. The van der Waals surface area contributed by atoms with E-state index in [0.717, 1.165) is 40.1 Å². The minimum atomic E-state index is -0.0325. The SMILES string of the molecule is C=CC(=O)N1CCC(n2nc(-c3ccc(Oc4ccccc4)cc3)c3cnccc32)C1.CC. The van der Waals surface area contributed by atoms with Gasteiger partial charge in [0.25, 0.3) is 0 Å². The van der Waals surface area contributed by atoms with Crippen LogP contribution in [0.1, 0.15) is 26.3 Å². The Hall–Kier alpha value is -3.93. The number of benzene rings is 2. The molecular weight excluding hydrogens is 412 g/mol. The zero-order valence-corrected chi connectivity index (χ0v) is 19.0. The van der Waals surface area contributed by atoms with Crippen LogP contribution >= 0.6 is 0 Å². The normalized spacial score (nSPS) is 15.1. The van der Waals surface area contributed by atoms with Crippen molar-refractivity contribution >= 4 is 16.8 Å². The van der Waals surface area contributed by atoms with Crippen molar-refractivity contribution in [2.45, 2.75) is 26.3 Å². The van der Waals surface area contributed by atoms with Crippen LogP contribution in [-0.4, -0.2) is 38.7 Å². The molecule has 4 aromatic rings. The molecule has 0 saturated carbocycles. The summed E-state index contributed by atoms with van der Waals surface area (Å²) in [6.45, 7) is 8.94.